The molecule has 6 aromatic rings. The van der Waals surface area contributed by atoms with E-state index in [9.17, 15) is 0 Å². The number of aromatic nitrogens is 3. The van der Waals surface area contributed by atoms with Gasteiger partial charge in [0.15, 0.2) is 17.5 Å². The van der Waals surface area contributed by atoms with Crippen LogP contribution in [-0.2, 0) is 0 Å². The number of nitrogens with zero attached hydrogens (tertiary/aromatic N) is 3. The molecule has 4 unspecified atom stereocenters. The van der Waals surface area contributed by atoms with Gasteiger partial charge in [-0.05, 0) is 33.7 Å². The molecule has 8 rings (SSSR count). The Hall–Kier alpha value is -6.20. The molecule has 2 aliphatic rings. The second-order valence-electron chi connectivity index (χ2n) is 12.8. The molecular formula is C45H37N5. The summed E-state index contributed by atoms with van der Waals surface area (Å²) in [6, 6.07) is 49.8. The summed E-state index contributed by atoms with van der Waals surface area (Å²) in [4.78, 5) is 15.1. The fraction of sp³-hybridized carbons (Fsp3) is 0.111. The maximum absolute atomic E-state index is 8.59. The van der Waals surface area contributed by atoms with Gasteiger partial charge in [0.2, 0.25) is 0 Å². The molecular weight excluding hydrogens is 611 g/mol. The minimum Gasteiger partial charge on any atom is -0.376 e. The highest BCUT2D eigenvalue weighted by molar-refractivity contribution is 5.96. The van der Waals surface area contributed by atoms with E-state index in [0.29, 0.717) is 17.5 Å². The first-order chi connectivity index (χ1) is 24.7. The van der Waals surface area contributed by atoms with Crippen molar-refractivity contribution in [3.63, 3.8) is 0 Å². The normalized spacial score (nSPS) is 18.8. The fourth-order valence-corrected chi connectivity index (χ4v) is 7.35. The first-order valence-electron chi connectivity index (χ1n) is 17.2. The maximum Gasteiger partial charge on any atom is 0.164 e. The summed E-state index contributed by atoms with van der Waals surface area (Å²) in [6.45, 7) is 2.28. The predicted molar refractivity (Wildman–Crippen MR) is 204 cm³/mol. The van der Waals surface area contributed by atoms with E-state index in [2.05, 4.69) is 109 Å². The topological polar surface area (TPSA) is 74.6 Å². The van der Waals surface area contributed by atoms with E-state index in [0.717, 1.165) is 33.5 Å². The summed E-state index contributed by atoms with van der Waals surface area (Å²) in [5.74, 6) is 1.91. The van der Waals surface area contributed by atoms with Gasteiger partial charge in [-0.3, -0.25) is 0 Å². The van der Waals surface area contributed by atoms with Crippen molar-refractivity contribution in [2.45, 2.75) is 18.9 Å². The summed E-state index contributed by atoms with van der Waals surface area (Å²) >= 11 is 0. The lowest BCUT2D eigenvalue weighted by Gasteiger charge is -2.39. The predicted octanol–water partition coefficient (Wildman–Crippen LogP) is 10.1. The van der Waals surface area contributed by atoms with Crippen molar-refractivity contribution in [3.8, 4) is 22.8 Å². The molecule has 0 amide bonds. The van der Waals surface area contributed by atoms with Crippen LogP contribution < -0.4 is 5.32 Å². The van der Waals surface area contributed by atoms with Crippen LogP contribution in [0.5, 0.6) is 0 Å². The van der Waals surface area contributed by atoms with E-state index < -0.39 is 0 Å². The molecule has 1 aliphatic carbocycles. The van der Waals surface area contributed by atoms with Gasteiger partial charge in [-0.1, -0.05) is 171 Å². The highest BCUT2D eigenvalue weighted by Gasteiger charge is 2.37. The van der Waals surface area contributed by atoms with Crippen LogP contribution >= 0.6 is 0 Å². The van der Waals surface area contributed by atoms with Gasteiger partial charge < -0.3 is 10.7 Å². The summed E-state index contributed by atoms with van der Waals surface area (Å²) in [7, 11) is 0. The lowest BCUT2D eigenvalue weighted by atomic mass is 9.71. The lowest BCUT2D eigenvalue weighted by molar-refractivity contribution is 0.575. The minimum absolute atomic E-state index is 0.0204. The second kappa shape index (κ2) is 13.7. The molecule has 0 spiro atoms. The molecule has 242 valence electrons. The SMILES string of the molecule is CC1C(c2nc(-c3ccccc3)nc(-c3ccccc3)n2)=CC=CC1C1=C(c2ccccc2)NC(C(C=N)c2ccccc2)c2ccccc21. The zero-order valence-electron chi connectivity index (χ0n) is 27.8. The molecule has 5 heteroatoms. The van der Waals surface area contributed by atoms with Gasteiger partial charge in [0.05, 0.1) is 6.04 Å². The van der Waals surface area contributed by atoms with Crippen molar-refractivity contribution in [1.29, 1.82) is 5.41 Å². The number of benzene rings is 5. The van der Waals surface area contributed by atoms with E-state index >= 15 is 0 Å². The van der Waals surface area contributed by atoms with Gasteiger partial charge in [-0.2, -0.15) is 0 Å². The van der Waals surface area contributed by atoms with Crippen molar-refractivity contribution in [2.24, 2.45) is 11.8 Å². The third-order valence-electron chi connectivity index (χ3n) is 9.86. The number of fused-ring (bicyclic) bond motifs is 1. The van der Waals surface area contributed by atoms with Gasteiger partial charge in [0.1, 0.15) is 0 Å². The van der Waals surface area contributed by atoms with E-state index in [1.54, 1.807) is 6.21 Å². The van der Waals surface area contributed by atoms with Crippen molar-refractivity contribution >= 4 is 23.1 Å². The monoisotopic (exact) mass is 647 g/mol. The highest BCUT2D eigenvalue weighted by atomic mass is 15.0. The Morgan fingerprint density at radius 3 is 1.74 bits per heavy atom. The molecule has 2 N–H and O–H groups in total. The van der Waals surface area contributed by atoms with Gasteiger partial charge in [-0.15, -0.1) is 0 Å². The molecule has 0 radical (unpaired) electrons. The average molecular weight is 648 g/mol. The fourth-order valence-electron chi connectivity index (χ4n) is 7.35. The van der Waals surface area contributed by atoms with Crippen LogP contribution in [0.25, 0.3) is 39.6 Å². The van der Waals surface area contributed by atoms with E-state index in [4.69, 9.17) is 20.4 Å². The third-order valence-corrected chi connectivity index (χ3v) is 9.86. The molecule has 50 heavy (non-hydrogen) atoms. The Morgan fingerprint density at radius 2 is 1.14 bits per heavy atom. The molecule has 0 bridgehead atoms. The molecule has 4 atom stereocenters. The number of allylic oxidation sites excluding steroid dienone is 5. The van der Waals surface area contributed by atoms with E-state index in [1.807, 2.05) is 66.7 Å². The van der Waals surface area contributed by atoms with Gasteiger partial charge >= 0.3 is 0 Å². The third kappa shape index (κ3) is 5.88. The van der Waals surface area contributed by atoms with Crippen LogP contribution in [-0.4, -0.2) is 21.2 Å². The maximum atomic E-state index is 8.59. The molecule has 0 saturated heterocycles. The summed E-state index contributed by atoms with van der Waals surface area (Å²) < 4.78 is 0. The number of hydrogen-bond donors (Lipinski definition) is 2. The molecule has 5 nitrogen and oxygen atoms in total. The van der Waals surface area contributed by atoms with Crippen LogP contribution in [0.4, 0.5) is 0 Å². The Balaban J connectivity index is 1.26. The smallest absolute Gasteiger partial charge is 0.164 e. The average Bonchev–Trinajstić information content (AvgIpc) is 3.19. The zero-order valence-corrected chi connectivity index (χ0v) is 27.8. The van der Waals surface area contributed by atoms with Crippen LogP contribution in [0, 0.1) is 17.2 Å². The number of nitrogens with one attached hydrogen (secondary N) is 2. The lowest BCUT2D eigenvalue weighted by Crippen LogP contribution is -2.34. The van der Waals surface area contributed by atoms with Crippen LogP contribution in [0.15, 0.2) is 164 Å². The first kappa shape index (κ1) is 31.1. The molecule has 1 aliphatic heterocycles. The Kier molecular flexibility index (Phi) is 8.54. The van der Waals surface area contributed by atoms with Crippen LogP contribution in [0.1, 0.15) is 47.0 Å². The number of hydrogen-bond acceptors (Lipinski definition) is 5. The molecule has 0 saturated carbocycles. The van der Waals surface area contributed by atoms with Crippen molar-refractivity contribution in [1.82, 2.24) is 20.3 Å². The minimum atomic E-state index is -0.148. The summed E-state index contributed by atoms with van der Waals surface area (Å²) in [6.07, 6.45) is 8.21. The van der Waals surface area contributed by atoms with Crippen molar-refractivity contribution in [3.05, 3.63) is 192 Å². The van der Waals surface area contributed by atoms with Crippen molar-refractivity contribution < 1.29 is 0 Å². The standard InChI is InChI=1S/C45H37N5/c1-30-35(27-16-28-36(30)45-49-43(33-21-10-4-11-22-33)48-44(50-45)34-23-12-5-13-24-34)40-37-25-14-15-26-38(37)42(39(29-46)31-17-6-2-7-18-31)47-41(40)32-19-8-3-9-20-32/h2-30,35,39,42,46-47H,1H3. The molecule has 5 aromatic carbocycles. The van der Waals surface area contributed by atoms with Gasteiger partial charge in [0, 0.05) is 40.4 Å². The van der Waals surface area contributed by atoms with Crippen molar-refractivity contribution in [2.75, 3.05) is 0 Å². The quantitative estimate of drug-likeness (QED) is 0.161. The van der Waals surface area contributed by atoms with Crippen LogP contribution in [0.2, 0.25) is 0 Å². The molecule has 2 heterocycles. The zero-order chi connectivity index (χ0) is 33.9. The van der Waals surface area contributed by atoms with E-state index in [-0.39, 0.29) is 23.8 Å². The highest BCUT2D eigenvalue weighted by Crippen LogP contribution is 2.49. The Bertz CT molecular complexity index is 2170. The summed E-state index contributed by atoms with van der Waals surface area (Å²) in [5.41, 5.74) is 9.91. The Morgan fingerprint density at radius 1 is 0.620 bits per heavy atom. The largest absolute Gasteiger partial charge is 0.376 e. The number of rotatable bonds is 8. The van der Waals surface area contributed by atoms with Gasteiger partial charge in [0.25, 0.3) is 0 Å². The molecule has 0 fully saturated rings. The molecule has 1 aromatic heterocycles. The summed E-state index contributed by atoms with van der Waals surface area (Å²) in [5, 5.41) is 12.6. The van der Waals surface area contributed by atoms with Crippen LogP contribution in [0.3, 0.4) is 0 Å². The Labute approximate surface area is 293 Å². The first-order valence-corrected chi connectivity index (χ1v) is 17.2. The second-order valence-corrected chi connectivity index (χ2v) is 12.8. The van der Waals surface area contributed by atoms with E-state index in [1.165, 1.54) is 16.7 Å². The van der Waals surface area contributed by atoms with Gasteiger partial charge in [-0.25, -0.2) is 15.0 Å².